The van der Waals surface area contributed by atoms with E-state index in [1.165, 1.54) is 32.1 Å². The Labute approximate surface area is 107 Å². The first-order valence-corrected chi connectivity index (χ1v) is 6.79. The van der Waals surface area contributed by atoms with E-state index in [1.807, 2.05) is 18.2 Å². The second kappa shape index (κ2) is 4.92. The molecule has 94 valence electrons. The van der Waals surface area contributed by atoms with Crippen LogP contribution < -0.4 is 0 Å². The van der Waals surface area contributed by atoms with Crippen LogP contribution >= 0.6 is 0 Å². The maximum Gasteiger partial charge on any atom is 0.139 e. The molecule has 0 radical (unpaired) electrons. The average molecular weight is 242 g/mol. The molecule has 1 heterocycles. The zero-order valence-electron chi connectivity index (χ0n) is 10.5. The molecule has 1 aliphatic carbocycles. The van der Waals surface area contributed by atoms with Crippen LogP contribution in [0.25, 0.3) is 11.0 Å². The van der Waals surface area contributed by atoms with Crippen LogP contribution in [0.1, 0.15) is 43.8 Å². The first-order chi connectivity index (χ1) is 8.90. The zero-order valence-corrected chi connectivity index (χ0v) is 10.5. The number of fused-ring (bicyclic) bond motifs is 1. The number of para-hydroxylation sites is 2. The van der Waals surface area contributed by atoms with Gasteiger partial charge in [0.2, 0.25) is 0 Å². The molecule has 1 aromatic carbocycles. The van der Waals surface area contributed by atoms with Crippen LogP contribution in [0.3, 0.4) is 0 Å². The van der Waals surface area contributed by atoms with E-state index in [0.717, 1.165) is 23.1 Å². The van der Waals surface area contributed by atoms with Crippen molar-refractivity contribution >= 4 is 17.3 Å². The van der Waals surface area contributed by atoms with Crippen LogP contribution in [0, 0.1) is 0 Å². The lowest BCUT2D eigenvalue weighted by Gasteiger charge is -2.21. The molecular weight excluding hydrogens is 224 g/mol. The van der Waals surface area contributed by atoms with Crippen LogP contribution in [0.15, 0.2) is 24.3 Å². The second-order valence-corrected chi connectivity index (χ2v) is 5.07. The molecule has 0 atom stereocenters. The van der Waals surface area contributed by atoms with Crippen molar-refractivity contribution in [2.24, 2.45) is 0 Å². The van der Waals surface area contributed by atoms with E-state index < -0.39 is 0 Å². The molecule has 18 heavy (non-hydrogen) atoms. The van der Waals surface area contributed by atoms with Gasteiger partial charge in [-0.05, 0) is 25.0 Å². The third kappa shape index (κ3) is 1.94. The van der Waals surface area contributed by atoms with Crippen molar-refractivity contribution in [3.63, 3.8) is 0 Å². The van der Waals surface area contributed by atoms with Gasteiger partial charge in [0, 0.05) is 5.92 Å². The van der Waals surface area contributed by atoms with Crippen molar-refractivity contribution in [2.75, 3.05) is 0 Å². The summed E-state index contributed by atoms with van der Waals surface area (Å²) in [5, 5.41) is 0. The van der Waals surface area contributed by atoms with Crippen molar-refractivity contribution in [3.8, 4) is 0 Å². The quantitative estimate of drug-likeness (QED) is 0.774. The van der Waals surface area contributed by atoms with Crippen LogP contribution in [-0.4, -0.2) is 15.8 Å². The number of nitrogens with zero attached hydrogens (tertiary/aromatic N) is 2. The van der Waals surface area contributed by atoms with E-state index in [1.54, 1.807) is 0 Å². The molecule has 0 aliphatic heterocycles. The number of imidazole rings is 1. The fraction of sp³-hybridized carbons (Fsp3) is 0.467. The van der Waals surface area contributed by atoms with Gasteiger partial charge in [-0.2, -0.15) is 0 Å². The largest absolute Gasteiger partial charge is 0.321 e. The minimum Gasteiger partial charge on any atom is -0.321 e. The number of carbonyl (C=O) groups is 1. The lowest BCUT2D eigenvalue weighted by Crippen LogP contribution is -2.12. The summed E-state index contributed by atoms with van der Waals surface area (Å²) in [5.74, 6) is 1.65. The number of aromatic nitrogens is 2. The molecule has 0 unspecified atom stereocenters. The number of benzene rings is 1. The Morgan fingerprint density at radius 3 is 2.78 bits per heavy atom. The van der Waals surface area contributed by atoms with Gasteiger partial charge in [-0.25, -0.2) is 4.98 Å². The number of aldehydes is 1. The van der Waals surface area contributed by atoms with E-state index in [2.05, 4.69) is 10.6 Å². The smallest absolute Gasteiger partial charge is 0.139 e. The molecule has 1 fully saturated rings. The topological polar surface area (TPSA) is 34.9 Å². The van der Waals surface area contributed by atoms with Crippen molar-refractivity contribution in [1.29, 1.82) is 0 Å². The predicted molar refractivity (Wildman–Crippen MR) is 71.6 cm³/mol. The molecule has 2 aromatic rings. The molecule has 1 aromatic heterocycles. The van der Waals surface area contributed by atoms with Gasteiger partial charge in [-0.15, -0.1) is 0 Å². The first-order valence-electron chi connectivity index (χ1n) is 6.79. The van der Waals surface area contributed by atoms with Gasteiger partial charge in [-0.1, -0.05) is 31.4 Å². The Bertz CT molecular complexity index is 553. The SMILES string of the molecule is O=CCn1c(C2CCCCC2)nc2ccccc21. The van der Waals surface area contributed by atoms with E-state index in [-0.39, 0.29) is 0 Å². The van der Waals surface area contributed by atoms with Gasteiger partial charge in [0.25, 0.3) is 0 Å². The van der Waals surface area contributed by atoms with Gasteiger partial charge in [0.15, 0.2) is 0 Å². The zero-order chi connectivity index (χ0) is 12.4. The summed E-state index contributed by atoms with van der Waals surface area (Å²) in [7, 11) is 0. The van der Waals surface area contributed by atoms with E-state index in [9.17, 15) is 4.79 Å². The Balaban J connectivity index is 2.08. The highest BCUT2D eigenvalue weighted by atomic mass is 16.1. The van der Waals surface area contributed by atoms with Crippen molar-refractivity contribution in [1.82, 2.24) is 9.55 Å². The van der Waals surface area contributed by atoms with E-state index >= 15 is 0 Å². The highest BCUT2D eigenvalue weighted by Crippen LogP contribution is 2.33. The summed E-state index contributed by atoms with van der Waals surface area (Å²) in [6, 6.07) is 8.10. The number of carbonyl (C=O) groups excluding carboxylic acids is 1. The lowest BCUT2D eigenvalue weighted by molar-refractivity contribution is -0.108. The summed E-state index contributed by atoms with van der Waals surface area (Å²) < 4.78 is 2.10. The summed E-state index contributed by atoms with van der Waals surface area (Å²) in [4.78, 5) is 15.7. The molecular formula is C15H18N2O. The molecule has 0 spiro atoms. The number of hydrogen-bond donors (Lipinski definition) is 0. The highest BCUT2D eigenvalue weighted by molar-refractivity contribution is 5.77. The lowest BCUT2D eigenvalue weighted by atomic mass is 9.88. The van der Waals surface area contributed by atoms with E-state index in [0.29, 0.717) is 12.5 Å². The molecule has 0 amide bonds. The van der Waals surface area contributed by atoms with Crippen molar-refractivity contribution < 1.29 is 4.79 Å². The fourth-order valence-electron chi connectivity index (χ4n) is 3.03. The van der Waals surface area contributed by atoms with Gasteiger partial charge >= 0.3 is 0 Å². The second-order valence-electron chi connectivity index (χ2n) is 5.07. The summed E-state index contributed by atoms with van der Waals surface area (Å²) in [5.41, 5.74) is 2.10. The predicted octanol–water partition coefficient (Wildman–Crippen LogP) is 3.28. The van der Waals surface area contributed by atoms with Crippen molar-refractivity contribution in [3.05, 3.63) is 30.1 Å². The molecule has 0 N–H and O–H groups in total. The average Bonchev–Trinajstić information content (AvgIpc) is 2.80. The van der Waals surface area contributed by atoms with Gasteiger partial charge in [0.05, 0.1) is 17.6 Å². The molecule has 0 saturated heterocycles. The fourth-order valence-corrected chi connectivity index (χ4v) is 3.03. The highest BCUT2D eigenvalue weighted by Gasteiger charge is 2.21. The van der Waals surface area contributed by atoms with Crippen molar-refractivity contribution in [2.45, 2.75) is 44.6 Å². The van der Waals surface area contributed by atoms with E-state index in [4.69, 9.17) is 4.98 Å². The summed E-state index contributed by atoms with van der Waals surface area (Å²) >= 11 is 0. The Morgan fingerprint density at radius 1 is 1.22 bits per heavy atom. The van der Waals surface area contributed by atoms with Crippen LogP contribution in [0.2, 0.25) is 0 Å². The Morgan fingerprint density at radius 2 is 2.00 bits per heavy atom. The molecule has 3 rings (SSSR count). The molecule has 3 heteroatoms. The van der Waals surface area contributed by atoms with Crippen LogP contribution in [0.4, 0.5) is 0 Å². The molecule has 3 nitrogen and oxygen atoms in total. The normalized spacial score (nSPS) is 17.1. The molecule has 0 bridgehead atoms. The Kier molecular flexibility index (Phi) is 3.13. The maximum absolute atomic E-state index is 10.9. The first kappa shape index (κ1) is 11.5. The van der Waals surface area contributed by atoms with Crippen LogP contribution in [0.5, 0.6) is 0 Å². The monoisotopic (exact) mass is 242 g/mol. The molecule has 1 aliphatic rings. The van der Waals surface area contributed by atoms with Gasteiger partial charge in [-0.3, -0.25) is 0 Å². The van der Waals surface area contributed by atoms with Gasteiger partial charge in [0.1, 0.15) is 12.1 Å². The third-order valence-electron chi connectivity index (χ3n) is 3.91. The number of rotatable bonds is 3. The minimum absolute atomic E-state index is 0.423. The molecule has 1 saturated carbocycles. The van der Waals surface area contributed by atoms with Gasteiger partial charge < -0.3 is 9.36 Å². The standard InChI is InChI=1S/C15H18N2O/c18-11-10-17-14-9-5-4-8-13(14)16-15(17)12-6-2-1-3-7-12/h4-5,8-9,11-12H,1-3,6-7,10H2. The maximum atomic E-state index is 10.9. The Hall–Kier alpha value is -1.64. The summed E-state index contributed by atoms with van der Waals surface area (Å²) in [6.07, 6.45) is 7.30. The third-order valence-corrected chi connectivity index (χ3v) is 3.91. The minimum atomic E-state index is 0.423. The summed E-state index contributed by atoms with van der Waals surface area (Å²) in [6.45, 7) is 0.423. The van der Waals surface area contributed by atoms with Crippen LogP contribution in [-0.2, 0) is 11.3 Å². The number of hydrogen-bond acceptors (Lipinski definition) is 2.